The summed E-state index contributed by atoms with van der Waals surface area (Å²) in [5.74, 6) is -0.797. The van der Waals surface area contributed by atoms with E-state index < -0.39 is 27.6 Å². The first-order valence-electron chi connectivity index (χ1n) is 8.31. The first-order chi connectivity index (χ1) is 12.9. The number of nitro groups is 1. The molecule has 27 heavy (non-hydrogen) atoms. The molecular weight excluding hydrogens is 356 g/mol. The quantitative estimate of drug-likeness (QED) is 0.306. The molecule has 0 bridgehead atoms. The second kappa shape index (κ2) is 9.34. The van der Waals surface area contributed by atoms with Crippen molar-refractivity contribution in [1.29, 1.82) is 0 Å². The summed E-state index contributed by atoms with van der Waals surface area (Å²) in [4.78, 5) is 36.3. The van der Waals surface area contributed by atoms with Gasteiger partial charge in [-0.3, -0.25) is 19.9 Å². The molecule has 3 rings (SSSR count). The summed E-state index contributed by atoms with van der Waals surface area (Å²) in [5, 5.41) is 33.0. The Morgan fingerprint density at radius 3 is 2.30 bits per heavy atom. The number of nitrogens with zero attached hydrogens (tertiary/aromatic N) is 1. The molecule has 1 aromatic carbocycles. The molecule has 1 saturated heterocycles. The molecule has 0 atom stereocenters. The number of para-hydroxylation sites is 1. The standard InChI is InChI=1S/C12H9N3O6.C5H11N/c16-8-3-1-2-6(10(8)17)4-5-7-9(15(20)21)11(18)14-12(19)13-7;1-2-4-6-5-3-1/h1-5,16-17H,(H2,13,14,18,19);6H,1-5H2/b5-4+;. The molecule has 1 fully saturated rings. The maximum Gasteiger partial charge on any atom is 0.357 e. The molecule has 1 aliphatic rings. The van der Waals surface area contributed by atoms with E-state index in [-0.39, 0.29) is 17.0 Å². The Hall–Kier alpha value is -3.40. The summed E-state index contributed by atoms with van der Waals surface area (Å²) in [6, 6.07) is 4.14. The van der Waals surface area contributed by atoms with Crippen molar-refractivity contribution in [1.82, 2.24) is 15.3 Å². The van der Waals surface area contributed by atoms with Crippen molar-refractivity contribution in [3.05, 3.63) is 60.4 Å². The number of benzene rings is 1. The number of piperidine rings is 1. The van der Waals surface area contributed by atoms with E-state index in [1.807, 2.05) is 0 Å². The minimum atomic E-state index is -1.14. The van der Waals surface area contributed by atoms with Gasteiger partial charge < -0.3 is 20.5 Å². The summed E-state index contributed by atoms with van der Waals surface area (Å²) >= 11 is 0. The van der Waals surface area contributed by atoms with Crippen LogP contribution in [0, 0.1) is 10.1 Å². The highest BCUT2D eigenvalue weighted by Crippen LogP contribution is 2.29. The van der Waals surface area contributed by atoms with Crippen LogP contribution in [0.15, 0.2) is 27.8 Å². The molecule has 10 nitrogen and oxygen atoms in total. The van der Waals surface area contributed by atoms with Crippen LogP contribution < -0.4 is 16.6 Å². The fourth-order valence-corrected chi connectivity index (χ4v) is 2.46. The van der Waals surface area contributed by atoms with Gasteiger partial charge in [0, 0.05) is 5.56 Å². The van der Waals surface area contributed by atoms with Gasteiger partial charge in [-0.05, 0) is 44.1 Å². The van der Waals surface area contributed by atoms with E-state index in [0.717, 1.165) is 6.08 Å². The Balaban J connectivity index is 0.000000369. The average Bonchev–Trinajstić information content (AvgIpc) is 2.64. The summed E-state index contributed by atoms with van der Waals surface area (Å²) in [6.07, 6.45) is 6.52. The number of aromatic hydroxyl groups is 2. The number of hydrogen-bond acceptors (Lipinski definition) is 7. The van der Waals surface area contributed by atoms with Gasteiger partial charge in [-0.1, -0.05) is 18.6 Å². The first-order valence-corrected chi connectivity index (χ1v) is 8.31. The molecule has 144 valence electrons. The zero-order chi connectivity index (χ0) is 19.8. The number of phenolic OH excluding ortho intramolecular Hbond substituents is 2. The third-order valence-electron chi connectivity index (χ3n) is 3.81. The first kappa shape index (κ1) is 19.9. The van der Waals surface area contributed by atoms with Crippen LogP contribution in [0.3, 0.4) is 0 Å². The zero-order valence-electron chi connectivity index (χ0n) is 14.4. The van der Waals surface area contributed by atoms with Gasteiger partial charge in [-0.25, -0.2) is 4.79 Å². The second-order valence-corrected chi connectivity index (χ2v) is 5.79. The van der Waals surface area contributed by atoms with Gasteiger partial charge in [-0.2, -0.15) is 0 Å². The number of phenols is 2. The third kappa shape index (κ3) is 5.54. The van der Waals surface area contributed by atoms with Crippen molar-refractivity contribution >= 4 is 17.8 Å². The molecular formula is C17H20N4O6. The lowest BCUT2D eigenvalue weighted by Gasteiger charge is -2.08. The molecule has 0 aliphatic carbocycles. The Bertz CT molecular complexity index is 932. The topological polar surface area (TPSA) is 161 Å². The Labute approximate surface area is 153 Å². The predicted octanol–water partition coefficient (Wildman–Crippen LogP) is 1.31. The van der Waals surface area contributed by atoms with Crippen molar-refractivity contribution in [2.24, 2.45) is 0 Å². The van der Waals surface area contributed by atoms with E-state index in [0.29, 0.717) is 0 Å². The molecule has 2 aromatic rings. The fraction of sp³-hybridized carbons (Fsp3) is 0.294. The van der Waals surface area contributed by atoms with Crippen molar-refractivity contribution in [2.45, 2.75) is 19.3 Å². The Kier molecular flexibility index (Phi) is 6.89. The van der Waals surface area contributed by atoms with Crippen LogP contribution in [-0.4, -0.2) is 38.2 Å². The fourth-order valence-electron chi connectivity index (χ4n) is 2.46. The average molecular weight is 376 g/mol. The van der Waals surface area contributed by atoms with Crippen molar-refractivity contribution < 1.29 is 15.1 Å². The SMILES string of the molecule is C1CCNCC1.O=c1[nH]c(/C=C/c2cccc(O)c2O)c([N+](=O)[O-])c(=O)[nH]1. The molecule has 0 amide bonds. The number of rotatable bonds is 3. The molecule has 1 aliphatic heterocycles. The number of nitrogens with one attached hydrogen (secondary N) is 3. The Morgan fingerprint density at radius 2 is 1.74 bits per heavy atom. The van der Waals surface area contributed by atoms with E-state index in [1.165, 1.54) is 56.6 Å². The molecule has 2 heterocycles. The van der Waals surface area contributed by atoms with Gasteiger partial charge in [0.15, 0.2) is 11.5 Å². The van der Waals surface area contributed by atoms with Crippen LogP contribution in [0.1, 0.15) is 30.5 Å². The highest BCUT2D eigenvalue weighted by atomic mass is 16.6. The summed E-state index contributed by atoms with van der Waals surface area (Å²) < 4.78 is 0. The second-order valence-electron chi connectivity index (χ2n) is 5.79. The number of hydrogen-bond donors (Lipinski definition) is 5. The van der Waals surface area contributed by atoms with Gasteiger partial charge >= 0.3 is 16.9 Å². The number of aromatic nitrogens is 2. The largest absolute Gasteiger partial charge is 0.504 e. The monoisotopic (exact) mass is 376 g/mol. The summed E-state index contributed by atoms with van der Waals surface area (Å²) in [7, 11) is 0. The zero-order valence-corrected chi connectivity index (χ0v) is 14.4. The summed E-state index contributed by atoms with van der Waals surface area (Å²) in [6.45, 7) is 2.50. The lowest BCUT2D eigenvalue weighted by molar-refractivity contribution is -0.386. The highest BCUT2D eigenvalue weighted by Gasteiger charge is 2.18. The molecule has 0 unspecified atom stereocenters. The number of aromatic amines is 2. The lowest BCUT2D eigenvalue weighted by Crippen LogP contribution is -2.25. The van der Waals surface area contributed by atoms with Gasteiger partial charge in [-0.15, -0.1) is 0 Å². The van der Waals surface area contributed by atoms with E-state index in [2.05, 4.69) is 10.3 Å². The van der Waals surface area contributed by atoms with Crippen LogP contribution in [0.5, 0.6) is 11.5 Å². The van der Waals surface area contributed by atoms with Gasteiger partial charge in [0.25, 0.3) is 0 Å². The van der Waals surface area contributed by atoms with Crippen molar-refractivity contribution in [3.8, 4) is 11.5 Å². The Morgan fingerprint density at radius 1 is 1.04 bits per heavy atom. The number of H-pyrrole nitrogens is 2. The third-order valence-corrected chi connectivity index (χ3v) is 3.81. The van der Waals surface area contributed by atoms with Crippen LogP contribution >= 0.6 is 0 Å². The van der Waals surface area contributed by atoms with E-state index in [9.17, 15) is 29.9 Å². The van der Waals surface area contributed by atoms with Crippen LogP contribution in [0.25, 0.3) is 12.2 Å². The molecule has 0 radical (unpaired) electrons. The van der Waals surface area contributed by atoms with Gasteiger partial charge in [0.1, 0.15) is 5.69 Å². The van der Waals surface area contributed by atoms with E-state index in [1.54, 1.807) is 4.98 Å². The summed E-state index contributed by atoms with van der Waals surface area (Å²) in [5.41, 5.74) is -3.03. The normalized spacial score (nSPS) is 13.8. The van der Waals surface area contributed by atoms with Gasteiger partial charge in [0.05, 0.1) is 4.92 Å². The van der Waals surface area contributed by atoms with Crippen molar-refractivity contribution in [2.75, 3.05) is 13.1 Å². The van der Waals surface area contributed by atoms with Crippen LogP contribution in [0.4, 0.5) is 5.69 Å². The maximum absolute atomic E-state index is 11.4. The molecule has 5 N–H and O–H groups in total. The van der Waals surface area contributed by atoms with Crippen molar-refractivity contribution in [3.63, 3.8) is 0 Å². The van der Waals surface area contributed by atoms with E-state index in [4.69, 9.17) is 0 Å². The smallest absolute Gasteiger partial charge is 0.357 e. The molecule has 1 aromatic heterocycles. The minimum absolute atomic E-state index is 0.158. The van der Waals surface area contributed by atoms with Crippen LogP contribution in [-0.2, 0) is 0 Å². The van der Waals surface area contributed by atoms with E-state index >= 15 is 0 Å². The minimum Gasteiger partial charge on any atom is -0.504 e. The van der Waals surface area contributed by atoms with Gasteiger partial charge in [0.2, 0.25) is 0 Å². The lowest BCUT2D eigenvalue weighted by atomic mass is 10.1. The maximum atomic E-state index is 11.4. The van der Waals surface area contributed by atoms with Crippen LogP contribution in [0.2, 0.25) is 0 Å². The molecule has 0 spiro atoms. The molecule has 10 heteroatoms. The highest BCUT2D eigenvalue weighted by molar-refractivity contribution is 5.75. The predicted molar refractivity (Wildman–Crippen MR) is 99.8 cm³/mol. The molecule has 0 saturated carbocycles.